The number of halogens is 1. The molecular formula is C20H21FN4O. The molecule has 0 aliphatic rings. The third-order valence-electron chi connectivity index (χ3n) is 3.84. The largest absolute Gasteiger partial charge is 0.362 e. The molecule has 2 N–H and O–H groups in total. The monoisotopic (exact) mass is 352 g/mol. The number of nitrogens with zero attached hydrogens (tertiary/aromatic N) is 3. The first-order valence-electron chi connectivity index (χ1n) is 8.41. The van der Waals surface area contributed by atoms with Crippen LogP contribution in [0.1, 0.15) is 22.9 Å². The Morgan fingerprint density at radius 1 is 1.12 bits per heavy atom. The number of rotatable bonds is 8. The summed E-state index contributed by atoms with van der Waals surface area (Å²) in [4.78, 5) is 0. The van der Waals surface area contributed by atoms with Crippen LogP contribution in [0.4, 0.5) is 4.39 Å². The van der Waals surface area contributed by atoms with Crippen LogP contribution in [0.3, 0.4) is 0 Å². The normalized spacial score (nSPS) is 12.9. The van der Waals surface area contributed by atoms with Gasteiger partial charge in [0.05, 0.1) is 19.3 Å². The van der Waals surface area contributed by atoms with Crippen LogP contribution in [0, 0.1) is 0 Å². The number of benzene rings is 2. The Morgan fingerprint density at radius 3 is 2.50 bits per heavy atom. The predicted octanol–water partition coefficient (Wildman–Crippen LogP) is 3.40. The molecular weight excluding hydrogens is 331 g/mol. The van der Waals surface area contributed by atoms with Gasteiger partial charge in [0.25, 0.3) is 0 Å². The lowest BCUT2D eigenvalue weighted by atomic mass is 10.1. The maximum Gasteiger partial charge on any atom is 0.128 e. The van der Waals surface area contributed by atoms with Crippen LogP contribution >= 0.6 is 0 Å². The summed E-state index contributed by atoms with van der Waals surface area (Å²) >= 11 is 0. The van der Waals surface area contributed by atoms with E-state index in [9.17, 15) is 4.39 Å². The Kier molecular flexibility index (Phi) is 6.24. The fourth-order valence-electron chi connectivity index (χ4n) is 2.59. The highest BCUT2D eigenvalue weighted by molar-refractivity contribution is 5.25. The first kappa shape index (κ1) is 18.0. The molecule has 0 saturated carbocycles. The summed E-state index contributed by atoms with van der Waals surface area (Å²) in [7, 11) is 0. The highest BCUT2D eigenvalue weighted by atomic mass is 19.1. The van der Waals surface area contributed by atoms with Gasteiger partial charge in [-0.1, -0.05) is 65.9 Å². The molecule has 0 spiro atoms. The van der Waals surface area contributed by atoms with E-state index in [1.165, 1.54) is 10.8 Å². The molecule has 0 amide bonds. The van der Waals surface area contributed by atoms with Crippen molar-refractivity contribution < 1.29 is 9.13 Å². The zero-order chi connectivity index (χ0) is 18.2. The van der Waals surface area contributed by atoms with Gasteiger partial charge in [0.2, 0.25) is 0 Å². The van der Waals surface area contributed by atoms with Crippen molar-refractivity contribution >= 4 is 0 Å². The second-order valence-corrected chi connectivity index (χ2v) is 5.82. The topological polar surface area (TPSA) is 66.0 Å². The minimum atomic E-state index is -0.383. The summed E-state index contributed by atoms with van der Waals surface area (Å²) in [6, 6.07) is 19.7. The van der Waals surface area contributed by atoms with Crippen LogP contribution in [-0.2, 0) is 17.9 Å². The molecule has 26 heavy (non-hydrogen) atoms. The first-order valence-corrected chi connectivity index (χ1v) is 8.41. The summed E-state index contributed by atoms with van der Waals surface area (Å²) in [6.45, 7) is 0.597. The Morgan fingerprint density at radius 2 is 1.81 bits per heavy atom. The van der Waals surface area contributed by atoms with Gasteiger partial charge in [0.15, 0.2) is 0 Å². The average Bonchev–Trinajstić information content (AvgIpc) is 3.12. The maximum atomic E-state index is 13.7. The molecule has 1 heterocycles. The van der Waals surface area contributed by atoms with E-state index in [2.05, 4.69) is 10.3 Å². The number of ether oxygens (including phenoxy) is 1. The van der Waals surface area contributed by atoms with Gasteiger partial charge in [0.1, 0.15) is 17.6 Å². The van der Waals surface area contributed by atoms with Crippen LogP contribution in [0.5, 0.6) is 0 Å². The molecule has 0 aliphatic carbocycles. The van der Waals surface area contributed by atoms with Gasteiger partial charge in [0, 0.05) is 6.54 Å². The minimum Gasteiger partial charge on any atom is -0.362 e. The van der Waals surface area contributed by atoms with Crippen molar-refractivity contribution in [1.82, 2.24) is 15.0 Å². The van der Waals surface area contributed by atoms with Crippen molar-refractivity contribution in [2.24, 2.45) is 5.73 Å². The fourth-order valence-corrected chi connectivity index (χ4v) is 2.59. The van der Waals surface area contributed by atoms with E-state index in [0.29, 0.717) is 12.3 Å². The molecule has 3 aromatic rings. The van der Waals surface area contributed by atoms with Gasteiger partial charge < -0.3 is 10.5 Å². The lowest BCUT2D eigenvalue weighted by Gasteiger charge is -2.16. The Balaban J connectivity index is 1.79. The SMILES string of the molecule is NC/C=C(\F)Cn1cc(C(OCc2ccccc2)c2ccccc2)nn1. The molecule has 1 aromatic heterocycles. The van der Waals surface area contributed by atoms with Crippen molar-refractivity contribution in [3.8, 4) is 0 Å². The smallest absolute Gasteiger partial charge is 0.128 e. The van der Waals surface area contributed by atoms with Crippen molar-refractivity contribution in [3.63, 3.8) is 0 Å². The maximum absolute atomic E-state index is 13.7. The van der Waals surface area contributed by atoms with Gasteiger partial charge in [-0.3, -0.25) is 0 Å². The molecule has 0 aliphatic heterocycles. The van der Waals surface area contributed by atoms with E-state index in [-0.39, 0.29) is 25.0 Å². The lowest BCUT2D eigenvalue weighted by molar-refractivity contribution is 0.0639. The molecule has 0 fully saturated rings. The van der Waals surface area contributed by atoms with Gasteiger partial charge in [-0.15, -0.1) is 5.10 Å². The van der Waals surface area contributed by atoms with Crippen LogP contribution in [0.15, 0.2) is 78.8 Å². The van der Waals surface area contributed by atoms with E-state index >= 15 is 0 Å². The number of allylic oxidation sites excluding steroid dienone is 1. The van der Waals surface area contributed by atoms with Crippen molar-refractivity contribution in [2.45, 2.75) is 19.3 Å². The molecule has 1 unspecified atom stereocenters. The third kappa shape index (κ3) is 4.84. The lowest BCUT2D eigenvalue weighted by Crippen LogP contribution is -2.07. The van der Waals surface area contributed by atoms with Crippen LogP contribution in [-0.4, -0.2) is 21.5 Å². The van der Waals surface area contributed by atoms with Gasteiger partial charge >= 0.3 is 0 Å². The zero-order valence-electron chi connectivity index (χ0n) is 14.3. The average molecular weight is 352 g/mol. The second kappa shape index (κ2) is 9.03. The summed E-state index contributed by atoms with van der Waals surface area (Å²) in [5.74, 6) is -0.342. The van der Waals surface area contributed by atoms with Crippen LogP contribution in [0.2, 0.25) is 0 Å². The summed E-state index contributed by atoms with van der Waals surface area (Å²) in [5.41, 5.74) is 7.99. The third-order valence-corrected chi connectivity index (χ3v) is 3.84. The predicted molar refractivity (Wildman–Crippen MR) is 97.8 cm³/mol. The second-order valence-electron chi connectivity index (χ2n) is 5.82. The van der Waals surface area contributed by atoms with E-state index in [4.69, 9.17) is 10.5 Å². The number of hydrogen-bond donors (Lipinski definition) is 1. The van der Waals surface area contributed by atoms with Crippen LogP contribution in [0.25, 0.3) is 0 Å². The zero-order valence-corrected chi connectivity index (χ0v) is 14.3. The molecule has 6 heteroatoms. The van der Waals surface area contributed by atoms with Crippen LogP contribution < -0.4 is 5.73 Å². The van der Waals surface area contributed by atoms with E-state index < -0.39 is 0 Å². The quantitative estimate of drug-likeness (QED) is 0.675. The van der Waals surface area contributed by atoms with Gasteiger partial charge in [-0.25, -0.2) is 9.07 Å². The fraction of sp³-hybridized carbons (Fsp3) is 0.200. The molecule has 2 aromatic carbocycles. The molecule has 0 bridgehead atoms. The van der Waals surface area contributed by atoms with E-state index in [0.717, 1.165) is 11.1 Å². The summed E-state index contributed by atoms with van der Waals surface area (Å²) in [6.07, 6.45) is 2.64. The summed E-state index contributed by atoms with van der Waals surface area (Å²) < 4.78 is 21.2. The number of aromatic nitrogens is 3. The van der Waals surface area contributed by atoms with Gasteiger partial charge in [-0.05, 0) is 17.2 Å². The Hall–Kier alpha value is -2.83. The molecule has 1 atom stereocenters. The molecule has 0 radical (unpaired) electrons. The Labute approximate surface area is 151 Å². The van der Waals surface area contributed by atoms with Crippen molar-refractivity contribution in [3.05, 3.63) is 95.6 Å². The number of hydrogen-bond acceptors (Lipinski definition) is 4. The van der Waals surface area contributed by atoms with E-state index in [1.54, 1.807) is 6.20 Å². The first-order chi connectivity index (χ1) is 12.8. The van der Waals surface area contributed by atoms with Gasteiger partial charge in [-0.2, -0.15) is 0 Å². The van der Waals surface area contributed by atoms with Crippen molar-refractivity contribution in [1.29, 1.82) is 0 Å². The van der Waals surface area contributed by atoms with Crippen molar-refractivity contribution in [2.75, 3.05) is 6.54 Å². The summed E-state index contributed by atoms with van der Waals surface area (Å²) in [5, 5.41) is 8.19. The molecule has 0 saturated heterocycles. The highest BCUT2D eigenvalue weighted by Gasteiger charge is 2.19. The molecule has 3 rings (SSSR count). The number of nitrogens with two attached hydrogens (primary N) is 1. The molecule has 5 nitrogen and oxygen atoms in total. The standard InChI is InChI=1S/C20H21FN4O/c21-18(11-12-22)13-25-14-19(23-24-25)20(17-9-5-2-6-10-17)26-15-16-7-3-1-4-8-16/h1-11,14,20H,12-13,15,22H2/b18-11-. The minimum absolute atomic E-state index is 0.00436. The highest BCUT2D eigenvalue weighted by Crippen LogP contribution is 2.25. The molecule has 134 valence electrons. The van der Waals surface area contributed by atoms with E-state index in [1.807, 2.05) is 60.7 Å². The Bertz CT molecular complexity index is 833.